The third-order valence-corrected chi connectivity index (χ3v) is 2.70. The summed E-state index contributed by atoms with van der Waals surface area (Å²) in [6.07, 6.45) is 2.62. The van der Waals surface area contributed by atoms with Gasteiger partial charge in [0.15, 0.2) is 0 Å². The maximum Gasteiger partial charge on any atom is 0.216 e. The van der Waals surface area contributed by atoms with Crippen molar-refractivity contribution in [3.8, 4) is 5.88 Å². The van der Waals surface area contributed by atoms with Crippen molar-refractivity contribution < 1.29 is 4.74 Å². The van der Waals surface area contributed by atoms with Crippen LogP contribution in [0.2, 0.25) is 0 Å². The number of ether oxygens (including phenoxy) is 1. The van der Waals surface area contributed by atoms with Crippen LogP contribution in [0.15, 0.2) is 12.4 Å². The highest BCUT2D eigenvalue weighted by atomic mass is 35.5. The van der Waals surface area contributed by atoms with Gasteiger partial charge in [-0.3, -0.25) is 0 Å². The fourth-order valence-corrected chi connectivity index (χ4v) is 1.94. The van der Waals surface area contributed by atoms with Crippen LogP contribution in [0, 0.1) is 0 Å². The zero-order valence-corrected chi connectivity index (χ0v) is 11.0. The van der Waals surface area contributed by atoms with E-state index in [0.717, 1.165) is 12.1 Å². The Hall–Kier alpha value is -0.830. The Balaban J connectivity index is 2.88. The molecule has 1 rings (SSSR count). The summed E-state index contributed by atoms with van der Waals surface area (Å²) in [6.45, 7) is 8.04. The molecule has 2 unspecified atom stereocenters. The van der Waals surface area contributed by atoms with E-state index in [1.807, 2.05) is 26.8 Å². The highest BCUT2D eigenvalue weighted by molar-refractivity contribution is 6.20. The van der Waals surface area contributed by atoms with Crippen LogP contribution in [0.1, 0.15) is 45.7 Å². The lowest BCUT2D eigenvalue weighted by atomic mass is 9.99. The molecule has 0 N–H and O–H groups in total. The van der Waals surface area contributed by atoms with Gasteiger partial charge in [0, 0.05) is 17.4 Å². The van der Waals surface area contributed by atoms with Crippen molar-refractivity contribution in [1.29, 1.82) is 0 Å². The SMILES string of the molecule is CCC(c1cc(OC(C)C)ncn1)C(C)Cl. The summed E-state index contributed by atoms with van der Waals surface area (Å²) in [7, 11) is 0. The second-order valence-corrected chi connectivity index (χ2v) is 4.83. The van der Waals surface area contributed by atoms with Gasteiger partial charge < -0.3 is 4.74 Å². The minimum absolute atomic E-state index is 0.0619. The molecule has 16 heavy (non-hydrogen) atoms. The third kappa shape index (κ3) is 3.63. The normalized spacial score (nSPS) is 14.9. The van der Waals surface area contributed by atoms with Crippen LogP contribution in [0.5, 0.6) is 5.88 Å². The van der Waals surface area contributed by atoms with Crippen molar-refractivity contribution in [1.82, 2.24) is 9.97 Å². The quantitative estimate of drug-likeness (QED) is 0.743. The lowest BCUT2D eigenvalue weighted by molar-refractivity contribution is 0.231. The summed E-state index contributed by atoms with van der Waals surface area (Å²) >= 11 is 6.14. The number of aromatic nitrogens is 2. The predicted octanol–water partition coefficient (Wildman–Crippen LogP) is 3.38. The van der Waals surface area contributed by atoms with Crippen LogP contribution in [0.3, 0.4) is 0 Å². The van der Waals surface area contributed by atoms with Gasteiger partial charge in [-0.25, -0.2) is 9.97 Å². The van der Waals surface area contributed by atoms with Gasteiger partial charge in [-0.1, -0.05) is 6.92 Å². The molecule has 90 valence electrons. The molecule has 0 amide bonds. The summed E-state index contributed by atoms with van der Waals surface area (Å²) in [6, 6.07) is 1.88. The molecule has 0 aromatic carbocycles. The van der Waals surface area contributed by atoms with Crippen molar-refractivity contribution in [2.75, 3.05) is 0 Å². The number of rotatable bonds is 5. The Kier molecular flexibility index (Phi) is 5.00. The monoisotopic (exact) mass is 242 g/mol. The van der Waals surface area contributed by atoms with Gasteiger partial charge in [0.1, 0.15) is 6.33 Å². The Morgan fingerprint density at radius 2 is 2.00 bits per heavy atom. The van der Waals surface area contributed by atoms with E-state index in [9.17, 15) is 0 Å². The van der Waals surface area contributed by atoms with Gasteiger partial charge in [-0.2, -0.15) is 0 Å². The molecule has 0 aliphatic carbocycles. The second-order valence-electron chi connectivity index (χ2n) is 4.14. The van der Waals surface area contributed by atoms with Gasteiger partial charge >= 0.3 is 0 Å². The molecule has 3 nitrogen and oxygen atoms in total. The van der Waals surface area contributed by atoms with Crippen molar-refractivity contribution in [3.05, 3.63) is 18.1 Å². The van der Waals surface area contributed by atoms with Crippen molar-refractivity contribution in [3.63, 3.8) is 0 Å². The largest absolute Gasteiger partial charge is 0.475 e. The molecular weight excluding hydrogens is 224 g/mol. The Bertz CT molecular complexity index is 329. The second kappa shape index (κ2) is 6.04. The van der Waals surface area contributed by atoms with Crippen molar-refractivity contribution >= 4 is 11.6 Å². The molecule has 1 aromatic heterocycles. The minimum Gasteiger partial charge on any atom is -0.475 e. The van der Waals surface area contributed by atoms with E-state index in [-0.39, 0.29) is 17.4 Å². The van der Waals surface area contributed by atoms with E-state index in [1.165, 1.54) is 6.33 Å². The zero-order chi connectivity index (χ0) is 12.1. The first-order valence-corrected chi connectivity index (χ1v) is 6.10. The smallest absolute Gasteiger partial charge is 0.216 e. The summed E-state index contributed by atoms with van der Waals surface area (Å²) < 4.78 is 5.54. The fraction of sp³-hybridized carbons (Fsp3) is 0.667. The molecule has 2 atom stereocenters. The van der Waals surface area contributed by atoms with Gasteiger partial charge in [-0.05, 0) is 27.2 Å². The Labute approximate surface area is 102 Å². The molecule has 4 heteroatoms. The molecule has 0 fully saturated rings. The topological polar surface area (TPSA) is 35.0 Å². The molecule has 0 radical (unpaired) electrons. The molecule has 1 aromatic rings. The molecule has 0 spiro atoms. The van der Waals surface area contributed by atoms with Crippen molar-refractivity contribution in [2.24, 2.45) is 0 Å². The lowest BCUT2D eigenvalue weighted by Gasteiger charge is -2.17. The molecule has 0 bridgehead atoms. The standard InChI is InChI=1S/C12H19ClN2O/c1-5-10(9(4)13)11-6-12(15-7-14-11)16-8(2)3/h6-10H,5H2,1-4H3. The summed E-state index contributed by atoms with van der Waals surface area (Å²) in [4.78, 5) is 8.34. The molecule has 1 heterocycles. The molecule has 0 aliphatic rings. The number of hydrogen-bond donors (Lipinski definition) is 0. The summed E-state index contributed by atoms with van der Waals surface area (Å²) in [5.41, 5.74) is 0.954. The maximum atomic E-state index is 6.14. The van der Waals surface area contributed by atoms with E-state index in [4.69, 9.17) is 16.3 Å². The average Bonchev–Trinajstić information content (AvgIpc) is 2.17. The number of nitrogens with zero attached hydrogens (tertiary/aromatic N) is 2. The Morgan fingerprint density at radius 3 is 2.50 bits per heavy atom. The first-order valence-electron chi connectivity index (χ1n) is 5.67. The number of alkyl halides is 1. The van der Waals surface area contributed by atoms with Crippen molar-refractivity contribution in [2.45, 2.75) is 51.5 Å². The van der Waals surface area contributed by atoms with Gasteiger partial charge in [0.05, 0.1) is 11.8 Å². The first-order chi connectivity index (χ1) is 7.54. The van der Waals surface area contributed by atoms with Crippen LogP contribution in [-0.4, -0.2) is 21.4 Å². The van der Waals surface area contributed by atoms with Crippen LogP contribution >= 0.6 is 11.6 Å². The maximum absolute atomic E-state index is 6.14. The van der Waals surface area contributed by atoms with Crippen LogP contribution < -0.4 is 4.74 Å². The molecular formula is C12H19ClN2O. The lowest BCUT2D eigenvalue weighted by Crippen LogP contribution is -2.12. The van der Waals surface area contributed by atoms with Gasteiger partial charge in [0.2, 0.25) is 5.88 Å². The molecule has 0 saturated carbocycles. The summed E-state index contributed by atoms with van der Waals surface area (Å²) in [5, 5.41) is 0.0619. The van der Waals surface area contributed by atoms with E-state index in [1.54, 1.807) is 0 Å². The number of halogens is 1. The molecule has 0 aliphatic heterocycles. The zero-order valence-electron chi connectivity index (χ0n) is 10.3. The van der Waals surface area contributed by atoms with E-state index < -0.39 is 0 Å². The first kappa shape index (κ1) is 13.2. The Morgan fingerprint density at radius 1 is 1.31 bits per heavy atom. The summed E-state index contributed by atoms with van der Waals surface area (Å²) in [5.74, 6) is 0.870. The third-order valence-electron chi connectivity index (χ3n) is 2.39. The fourth-order valence-electron chi connectivity index (χ4n) is 1.63. The highest BCUT2D eigenvalue weighted by Gasteiger charge is 2.17. The van der Waals surface area contributed by atoms with E-state index in [0.29, 0.717) is 5.88 Å². The average molecular weight is 243 g/mol. The predicted molar refractivity (Wildman–Crippen MR) is 66.1 cm³/mol. The van der Waals surface area contributed by atoms with Crippen LogP contribution in [0.25, 0.3) is 0 Å². The van der Waals surface area contributed by atoms with E-state index >= 15 is 0 Å². The van der Waals surface area contributed by atoms with Crippen LogP contribution in [0.4, 0.5) is 0 Å². The van der Waals surface area contributed by atoms with Crippen LogP contribution in [-0.2, 0) is 0 Å². The van der Waals surface area contributed by atoms with Gasteiger partial charge in [0.25, 0.3) is 0 Å². The minimum atomic E-state index is 0.0619. The number of hydrogen-bond acceptors (Lipinski definition) is 3. The van der Waals surface area contributed by atoms with Gasteiger partial charge in [-0.15, -0.1) is 11.6 Å². The highest BCUT2D eigenvalue weighted by Crippen LogP contribution is 2.26. The van der Waals surface area contributed by atoms with E-state index in [2.05, 4.69) is 16.9 Å². The molecule has 0 saturated heterocycles.